The van der Waals surface area contributed by atoms with Gasteiger partial charge in [0.15, 0.2) is 0 Å². The third-order valence-electron chi connectivity index (χ3n) is 0. The summed E-state index contributed by atoms with van der Waals surface area (Å²) in [5, 5.41) is 0. The number of halogens is 4. The molecule has 42 valence electrons. The maximum atomic E-state index is 9.90. The minimum atomic E-state index is -7.18. The van der Waals surface area contributed by atoms with E-state index in [1.54, 1.807) is 0 Å². The van der Waals surface area contributed by atoms with Gasteiger partial charge < -0.3 is 0 Å². The second-order valence-electron chi connectivity index (χ2n) is 0.429. The Kier molecular flexibility index (Phi) is 8.25. The van der Waals surface area contributed by atoms with E-state index in [1.165, 1.54) is 0 Å². The van der Waals surface area contributed by atoms with Crippen molar-refractivity contribution in [3.8, 4) is 0 Å². The number of rotatable bonds is 0. The summed E-state index contributed by atoms with van der Waals surface area (Å²) in [6, 6.07) is 0. The molecule has 0 aliphatic rings. The van der Waals surface area contributed by atoms with E-state index in [1.807, 2.05) is 0 Å². The zero-order valence-corrected chi connectivity index (χ0v) is 8.63. The van der Waals surface area contributed by atoms with Gasteiger partial charge in [0.25, 0.3) is 0 Å². The Morgan fingerprint density at radius 1 is 1.00 bits per heavy atom. The Hall–Kier alpha value is 1.12. The molecule has 1 nitrogen and oxygen atoms in total. The summed E-state index contributed by atoms with van der Waals surface area (Å²) in [4.78, 5) is 0. The van der Waals surface area contributed by atoms with Crippen LogP contribution in [0, 0.1) is 0 Å². The molecule has 0 rings (SSSR count). The zero-order chi connectivity index (χ0) is 6.50. The Labute approximate surface area is 57.5 Å². The van der Waals surface area contributed by atoms with Gasteiger partial charge in [-0.05, 0) is 0 Å². The molecule has 0 saturated carbocycles. The van der Waals surface area contributed by atoms with Gasteiger partial charge in [-0.1, -0.05) is 0 Å². The number of hydrogen-bond acceptors (Lipinski definition) is 1. The van der Waals surface area contributed by atoms with E-state index in [-0.39, 0.29) is 0 Å². The van der Waals surface area contributed by atoms with Gasteiger partial charge in [-0.25, -0.2) is 0 Å². The molecule has 0 spiro atoms. The molecule has 0 aromatic rings. The fourth-order valence-electron chi connectivity index (χ4n) is 0. The first kappa shape index (κ1) is 11.0. The molecule has 0 heterocycles. The van der Waals surface area contributed by atoms with Crippen molar-refractivity contribution in [2.75, 3.05) is 0 Å². The quantitative estimate of drug-likeness (QED) is 0.475. The van der Waals surface area contributed by atoms with Crippen LogP contribution in [0.3, 0.4) is 0 Å². The van der Waals surface area contributed by atoms with Crippen molar-refractivity contribution in [2.45, 2.75) is 0 Å². The maximum absolute atomic E-state index is 9.90. The van der Waals surface area contributed by atoms with Crippen LogP contribution < -0.4 is 0 Å². The van der Waals surface area contributed by atoms with Crippen LogP contribution in [0.1, 0.15) is 0 Å². The first-order valence-corrected chi connectivity index (χ1v) is 6.44. The number of hydrogen-bond donors (Lipinski definition) is 0. The zero-order valence-electron chi connectivity index (χ0n) is 2.92. The van der Waals surface area contributed by atoms with Crippen LogP contribution in [0.5, 0.6) is 0 Å². The van der Waals surface area contributed by atoms with E-state index >= 15 is 0 Å². The molecule has 2 radical (unpaired) electrons. The van der Waals surface area contributed by atoms with Crippen molar-refractivity contribution in [1.29, 1.82) is 0 Å². The summed E-state index contributed by atoms with van der Waals surface area (Å²) in [5.41, 5.74) is 0. The van der Waals surface area contributed by atoms with Crippen molar-refractivity contribution in [2.24, 2.45) is 0 Å². The Balaban J connectivity index is 0. The molecule has 0 aromatic heterocycles. The SMILES string of the molecule is [F][Sn]([F])([F])[F].[O]=[Sn]. The molecule has 0 fully saturated rings. The van der Waals surface area contributed by atoms with Gasteiger partial charge in [-0.3, -0.25) is 0 Å². The summed E-state index contributed by atoms with van der Waals surface area (Å²) < 4.78 is 47.9. The Morgan fingerprint density at radius 3 is 1.00 bits per heavy atom. The van der Waals surface area contributed by atoms with Gasteiger partial charge in [0.2, 0.25) is 0 Å². The van der Waals surface area contributed by atoms with E-state index < -0.39 is 20.7 Å². The van der Waals surface area contributed by atoms with Crippen LogP contribution in [0.2, 0.25) is 0 Å². The fraction of sp³-hybridized carbons (Fsp3) is 0. The van der Waals surface area contributed by atoms with E-state index in [0.717, 1.165) is 0 Å². The van der Waals surface area contributed by atoms with Crippen molar-refractivity contribution in [3.63, 3.8) is 0 Å². The van der Waals surface area contributed by atoms with Crippen LogP contribution in [-0.2, 0) is 3.08 Å². The van der Waals surface area contributed by atoms with Gasteiger partial charge in [-0.15, -0.1) is 0 Å². The predicted molar refractivity (Wildman–Crippen MR) is 16.6 cm³/mol. The molecular formula is F4OSn2. The van der Waals surface area contributed by atoms with Crippen molar-refractivity contribution >= 4 is 43.2 Å². The standard InChI is InChI=1S/4FH.O.2Sn/h4*1H;;;/q;;;;;;+4/p-4. The fourth-order valence-corrected chi connectivity index (χ4v) is 0. The van der Waals surface area contributed by atoms with Gasteiger partial charge in [0.05, 0.1) is 0 Å². The first-order chi connectivity index (χ1) is 3.00. The summed E-state index contributed by atoms with van der Waals surface area (Å²) in [7, 11) is 0. The summed E-state index contributed by atoms with van der Waals surface area (Å²) >= 11 is -6.88. The van der Waals surface area contributed by atoms with Gasteiger partial charge in [-0.2, -0.15) is 0 Å². The van der Waals surface area contributed by atoms with E-state index in [9.17, 15) is 11.5 Å². The molecular weight excluding hydrogens is 329 g/mol. The normalized spacial score (nSPS) is 9.14. The third kappa shape index (κ3) is 149. The van der Waals surface area contributed by atoms with Gasteiger partial charge in [0, 0.05) is 0 Å². The summed E-state index contributed by atoms with van der Waals surface area (Å²) in [5.74, 6) is 0. The average Bonchev–Trinajstić information content (AvgIpc) is 1.36. The molecule has 0 amide bonds. The van der Waals surface area contributed by atoms with Crippen LogP contribution in [0.15, 0.2) is 0 Å². The van der Waals surface area contributed by atoms with Crippen LogP contribution in [0.4, 0.5) is 11.5 Å². The molecule has 7 heteroatoms. The third-order valence-corrected chi connectivity index (χ3v) is 0. The van der Waals surface area contributed by atoms with E-state index in [4.69, 9.17) is 3.08 Å². The molecule has 7 heavy (non-hydrogen) atoms. The monoisotopic (exact) mass is 332 g/mol. The van der Waals surface area contributed by atoms with Crippen molar-refractivity contribution in [3.05, 3.63) is 0 Å². The molecule has 0 bridgehead atoms. The topological polar surface area (TPSA) is 17.1 Å². The molecule has 0 atom stereocenters. The molecule has 0 aromatic carbocycles. The molecule has 0 aliphatic carbocycles. The Morgan fingerprint density at radius 2 is 1.00 bits per heavy atom. The minimum absolute atomic E-state index is 0.300. The van der Waals surface area contributed by atoms with E-state index in [2.05, 4.69) is 0 Å². The Bertz CT molecular complexity index is 33.4. The molecule has 0 aliphatic heterocycles. The van der Waals surface area contributed by atoms with E-state index in [0.29, 0.717) is 22.5 Å². The molecule has 0 N–H and O–H groups in total. The first-order valence-electron chi connectivity index (χ1n) is 0.960. The van der Waals surface area contributed by atoms with Crippen LogP contribution in [0.25, 0.3) is 0 Å². The average molecular weight is 329 g/mol. The predicted octanol–water partition coefficient (Wildman–Crippen LogP) is 0.800. The second kappa shape index (κ2) is 5.26. The molecule has 0 unspecified atom stereocenters. The summed E-state index contributed by atoms with van der Waals surface area (Å²) in [6.07, 6.45) is 0. The van der Waals surface area contributed by atoms with Crippen molar-refractivity contribution in [1.82, 2.24) is 0 Å². The van der Waals surface area contributed by atoms with Gasteiger partial charge in [0.1, 0.15) is 0 Å². The second-order valence-corrected chi connectivity index (χ2v) is 2.87. The van der Waals surface area contributed by atoms with Crippen molar-refractivity contribution < 1.29 is 14.5 Å². The molecule has 0 saturated heterocycles. The van der Waals surface area contributed by atoms with Gasteiger partial charge >= 0.3 is 57.7 Å². The van der Waals surface area contributed by atoms with Crippen LogP contribution >= 0.6 is 0 Å². The van der Waals surface area contributed by atoms with Crippen LogP contribution in [-0.4, -0.2) is 43.2 Å². The summed E-state index contributed by atoms with van der Waals surface area (Å²) in [6.45, 7) is 0.